The maximum atomic E-state index is 13.1. The maximum absolute atomic E-state index is 13.1. The van der Waals surface area contributed by atoms with Crippen LogP contribution in [0.5, 0.6) is 0 Å². The Bertz CT molecular complexity index is 540. The summed E-state index contributed by atoms with van der Waals surface area (Å²) in [7, 11) is 0. The fraction of sp³-hybridized carbons (Fsp3) is 0. The fourth-order valence-corrected chi connectivity index (χ4v) is 2.36. The Kier molecular flexibility index (Phi) is 3.44. The highest BCUT2D eigenvalue weighted by atomic mass is 32.2. The van der Waals surface area contributed by atoms with Gasteiger partial charge in [-0.2, -0.15) is 0 Å². The van der Waals surface area contributed by atoms with E-state index in [2.05, 4.69) is 0 Å². The monoisotopic (exact) mass is 248 g/mol. The van der Waals surface area contributed by atoms with Crippen LogP contribution >= 0.6 is 11.8 Å². The molecule has 86 valence electrons. The number of carboxylic acids is 1. The van der Waals surface area contributed by atoms with E-state index in [-0.39, 0.29) is 5.56 Å². The third-order valence-corrected chi connectivity index (χ3v) is 3.21. The van der Waals surface area contributed by atoms with Gasteiger partial charge in [-0.05, 0) is 30.3 Å². The number of rotatable bonds is 3. The first-order chi connectivity index (χ1) is 8.16. The van der Waals surface area contributed by atoms with Gasteiger partial charge >= 0.3 is 5.97 Å². The smallest absolute Gasteiger partial charge is 0.336 e. The highest BCUT2D eigenvalue weighted by Gasteiger charge is 2.11. The summed E-state index contributed by atoms with van der Waals surface area (Å²) in [5.74, 6) is -1.49. The minimum atomic E-state index is -1.05. The van der Waals surface area contributed by atoms with Crippen molar-refractivity contribution in [3.63, 3.8) is 0 Å². The minimum absolute atomic E-state index is 0.111. The normalized spacial score (nSPS) is 10.2. The number of halogens is 1. The molecule has 2 aromatic carbocycles. The second kappa shape index (κ2) is 5.01. The van der Waals surface area contributed by atoms with Crippen molar-refractivity contribution in [3.05, 3.63) is 59.9 Å². The van der Waals surface area contributed by atoms with Gasteiger partial charge in [0.2, 0.25) is 0 Å². The van der Waals surface area contributed by atoms with E-state index in [4.69, 9.17) is 5.11 Å². The lowest BCUT2D eigenvalue weighted by Gasteiger charge is -2.05. The van der Waals surface area contributed by atoms with Gasteiger partial charge in [0.1, 0.15) is 5.82 Å². The average molecular weight is 248 g/mol. The van der Waals surface area contributed by atoms with Gasteiger partial charge in [0.25, 0.3) is 0 Å². The summed E-state index contributed by atoms with van der Waals surface area (Å²) in [6.45, 7) is 0. The van der Waals surface area contributed by atoms with Gasteiger partial charge in [0.05, 0.1) is 5.56 Å². The Balaban J connectivity index is 2.37. The first kappa shape index (κ1) is 11.7. The zero-order chi connectivity index (χ0) is 12.3. The molecule has 0 aliphatic rings. The summed E-state index contributed by atoms with van der Waals surface area (Å²) in [5, 5.41) is 9.00. The van der Waals surface area contributed by atoms with Crippen LogP contribution in [0.3, 0.4) is 0 Å². The van der Waals surface area contributed by atoms with Gasteiger partial charge in [-0.1, -0.05) is 30.0 Å². The Morgan fingerprint density at radius 2 is 1.82 bits per heavy atom. The lowest BCUT2D eigenvalue weighted by molar-refractivity contribution is 0.0693. The minimum Gasteiger partial charge on any atom is -0.478 e. The van der Waals surface area contributed by atoms with Crippen molar-refractivity contribution < 1.29 is 14.3 Å². The molecule has 2 rings (SSSR count). The topological polar surface area (TPSA) is 37.3 Å². The molecule has 0 radical (unpaired) electrons. The molecule has 0 aliphatic heterocycles. The maximum Gasteiger partial charge on any atom is 0.336 e. The lowest BCUT2D eigenvalue weighted by atomic mass is 10.2. The molecule has 0 fully saturated rings. The number of hydrogen-bond donors (Lipinski definition) is 1. The molecule has 0 saturated heterocycles. The summed E-state index contributed by atoms with van der Waals surface area (Å²) in [6.07, 6.45) is 0. The van der Waals surface area contributed by atoms with Crippen molar-refractivity contribution in [2.75, 3.05) is 0 Å². The summed E-state index contributed by atoms with van der Waals surface area (Å²) in [4.78, 5) is 12.3. The third-order valence-electron chi connectivity index (χ3n) is 2.15. The number of aromatic carboxylic acids is 1. The van der Waals surface area contributed by atoms with Crippen LogP contribution in [0.2, 0.25) is 0 Å². The van der Waals surface area contributed by atoms with Crippen LogP contribution < -0.4 is 0 Å². The van der Waals surface area contributed by atoms with Crippen molar-refractivity contribution in [3.8, 4) is 0 Å². The van der Waals surface area contributed by atoms with Gasteiger partial charge in [0.15, 0.2) is 0 Å². The van der Waals surface area contributed by atoms with E-state index in [1.54, 1.807) is 0 Å². The van der Waals surface area contributed by atoms with Crippen LogP contribution in [-0.2, 0) is 0 Å². The van der Waals surface area contributed by atoms with Crippen LogP contribution in [0.1, 0.15) is 10.4 Å². The molecular formula is C13H9FO2S. The summed E-state index contributed by atoms with van der Waals surface area (Å²) < 4.78 is 13.1. The van der Waals surface area contributed by atoms with Crippen LogP contribution in [0.4, 0.5) is 4.39 Å². The summed E-state index contributed by atoms with van der Waals surface area (Å²) in [5.41, 5.74) is 0.111. The summed E-state index contributed by atoms with van der Waals surface area (Å²) >= 11 is 1.24. The Hall–Kier alpha value is -1.81. The van der Waals surface area contributed by atoms with Crippen molar-refractivity contribution >= 4 is 17.7 Å². The predicted molar refractivity (Wildman–Crippen MR) is 63.9 cm³/mol. The molecule has 2 nitrogen and oxygen atoms in total. The summed E-state index contributed by atoms with van der Waals surface area (Å²) in [6, 6.07) is 12.9. The van der Waals surface area contributed by atoms with E-state index in [0.29, 0.717) is 4.90 Å². The van der Waals surface area contributed by atoms with Crippen molar-refractivity contribution in [1.82, 2.24) is 0 Å². The molecule has 1 N–H and O–H groups in total. The molecule has 0 saturated carbocycles. The molecule has 0 aliphatic carbocycles. The first-order valence-electron chi connectivity index (χ1n) is 4.92. The van der Waals surface area contributed by atoms with E-state index in [9.17, 15) is 9.18 Å². The van der Waals surface area contributed by atoms with Gasteiger partial charge in [-0.3, -0.25) is 0 Å². The van der Waals surface area contributed by atoms with Crippen LogP contribution in [0, 0.1) is 5.82 Å². The van der Waals surface area contributed by atoms with E-state index in [0.717, 1.165) is 11.0 Å². The van der Waals surface area contributed by atoms with E-state index in [1.165, 1.54) is 23.9 Å². The van der Waals surface area contributed by atoms with Crippen LogP contribution in [0.15, 0.2) is 58.3 Å². The zero-order valence-corrected chi connectivity index (χ0v) is 9.58. The first-order valence-corrected chi connectivity index (χ1v) is 5.74. The zero-order valence-electron chi connectivity index (χ0n) is 8.76. The third kappa shape index (κ3) is 2.85. The van der Waals surface area contributed by atoms with E-state index >= 15 is 0 Å². The Morgan fingerprint density at radius 1 is 1.12 bits per heavy atom. The van der Waals surface area contributed by atoms with Crippen molar-refractivity contribution in [1.29, 1.82) is 0 Å². The molecule has 0 spiro atoms. The molecule has 0 atom stereocenters. The van der Waals surface area contributed by atoms with E-state index < -0.39 is 11.8 Å². The molecule has 0 unspecified atom stereocenters. The standard InChI is InChI=1S/C13H9FO2S/c14-9-6-7-11(13(15)16)12(8-9)17-10-4-2-1-3-5-10/h1-8H,(H,15,16). The van der Waals surface area contributed by atoms with Gasteiger partial charge in [0, 0.05) is 9.79 Å². The molecular weight excluding hydrogens is 239 g/mol. The van der Waals surface area contributed by atoms with Gasteiger partial charge in [-0.25, -0.2) is 9.18 Å². The predicted octanol–water partition coefficient (Wildman–Crippen LogP) is 3.68. The highest BCUT2D eigenvalue weighted by Crippen LogP contribution is 2.30. The number of hydrogen-bond acceptors (Lipinski definition) is 2. The van der Waals surface area contributed by atoms with Crippen LogP contribution in [0.25, 0.3) is 0 Å². The fourth-order valence-electron chi connectivity index (χ4n) is 1.37. The SMILES string of the molecule is O=C(O)c1ccc(F)cc1Sc1ccccc1. The number of carboxylic acid groups (broad SMARTS) is 1. The van der Waals surface area contributed by atoms with Crippen molar-refractivity contribution in [2.45, 2.75) is 9.79 Å². The second-order valence-electron chi connectivity index (χ2n) is 3.36. The largest absolute Gasteiger partial charge is 0.478 e. The molecule has 0 amide bonds. The quantitative estimate of drug-likeness (QED) is 0.900. The van der Waals surface area contributed by atoms with E-state index in [1.807, 2.05) is 30.3 Å². The molecule has 0 aromatic heterocycles. The number of benzene rings is 2. The van der Waals surface area contributed by atoms with Gasteiger partial charge < -0.3 is 5.11 Å². The van der Waals surface area contributed by atoms with Crippen molar-refractivity contribution in [2.24, 2.45) is 0 Å². The van der Waals surface area contributed by atoms with Crippen LogP contribution in [-0.4, -0.2) is 11.1 Å². The Morgan fingerprint density at radius 3 is 2.47 bits per heavy atom. The highest BCUT2D eigenvalue weighted by molar-refractivity contribution is 7.99. The molecule has 2 aromatic rings. The molecule has 0 heterocycles. The number of carbonyl (C=O) groups is 1. The lowest BCUT2D eigenvalue weighted by Crippen LogP contribution is -1.99. The van der Waals surface area contributed by atoms with Gasteiger partial charge in [-0.15, -0.1) is 0 Å². The molecule has 17 heavy (non-hydrogen) atoms. The second-order valence-corrected chi connectivity index (χ2v) is 4.48. The molecule has 4 heteroatoms. The Labute approximate surface area is 102 Å². The molecule has 0 bridgehead atoms. The average Bonchev–Trinajstić information content (AvgIpc) is 2.30.